The minimum Gasteiger partial charge on any atom is -0.338 e. The van der Waals surface area contributed by atoms with Gasteiger partial charge in [-0.25, -0.2) is 8.78 Å². The van der Waals surface area contributed by atoms with Crippen molar-refractivity contribution in [1.29, 1.82) is 0 Å². The zero-order valence-corrected chi connectivity index (χ0v) is 12.9. The second kappa shape index (κ2) is 5.34. The van der Waals surface area contributed by atoms with Gasteiger partial charge in [0, 0.05) is 30.0 Å². The average molecular weight is 307 g/mol. The van der Waals surface area contributed by atoms with Gasteiger partial charge in [-0.3, -0.25) is 0 Å². The van der Waals surface area contributed by atoms with Gasteiger partial charge in [-0.05, 0) is 23.7 Å². The molecule has 1 aliphatic rings. The van der Waals surface area contributed by atoms with Crippen molar-refractivity contribution in [1.82, 2.24) is 10.1 Å². The summed E-state index contributed by atoms with van der Waals surface area (Å²) in [6, 6.07) is 3.98. The molecular weight excluding hydrogens is 288 g/mol. The second-order valence-corrected chi connectivity index (χ2v) is 6.72. The molecule has 1 fully saturated rings. The first-order valence-electron chi connectivity index (χ1n) is 7.39. The van der Waals surface area contributed by atoms with Crippen molar-refractivity contribution < 1.29 is 13.3 Å². The van der Waals surface area contributed by atoms with Gasteiger partial charge >= 0.3 is 0 Å². The predicted octanol–water partition coefficient (Wildman–Crippen LogP) is 3.64. The fraction of sp³-hybridized carbons (Fsp3) is 0.500. The van der Waals surface area contributed by atoms with E-state index in [-0.39, 0.29) is 16.9 Å². The van der Waals surface area contributed by atoms with Crippen LogP contribution >= 0.6 is 0 Å². The third kappa shape index (κ3) is 2.69. The van der Waals surface area contributed by atoms with E-state index in [1.807, 2.05) is 25.7 Å². The van der Waals surface area contributed by atoms with Crippen molar-refractivity contribution in [2.45, 2.75) is 38.5 Å². The summed E-state index contributed by atoms with van der Waals surface area (Å²) in [7, 11) is 0. The Morgan fingerprint density at radius 1 is 1.23 bits per heavy atom. The summed E-state index contributed by atoms with van der Waals surface area (Å²) in [5.41, 5.74) is -0.0632. The van der Waals surface area contributed by atoms with Gasteiger partial charge < -0.3 is 9.42 Å². The summed E-state index contributed by atoms with van der Waals surface area (Å²) >= 11 is 0. The molecule has 0 radical (unpaired) electrons. The number of anilines is 1. The maximum absolute atomic E-state index is 13.9. The molecule has 0 aliphatic carbocycles. The lowest BCUT2D eigenvalue weighted by molar-refractivity contribution is 0.320. The first-order chi connectivity index (χ1) is 10.4. The highest BCUT2D eigenvalue weighted by atomic mass is 19.1. The van der Waals surface area contributed by atoms with Gasteiger partial charge in [0.1, 0.15) is 11.6 Å². The normalized spacial score (nSPS) is 19.0. The molecule has 0 spiro atoms. The summed E-state index contributed by atoms with van der Waals surface area (Å²) < 4.78 is 33.0. The Labute approximate surface area is 128 Å². The first kappa shape index (κ1) is 14.9. The number of nitrogens with zero attached hydrogens (tertiary/aromatic N) is 3. The van der Waals surface area contributed by atoms with E-state index in [0.717, 1.165) is 0 Å². The SMILES string of the molecule is CC(C)(C)c1nc(N2CCC(c3c(F)cccc3F)C2)no1. The Balaban J connectivity index is 1.79. The molecule has 22 heavy (non-hydrogen) atoms. The zero-order valence-electron chi connectivity index (χ0n) is 12.9. The van der Waals surface area contributed by atoms with Crippen LogP contribution in [0.5, 0.6) is 0 Å². The molecule has 2 heterocycles. The molecule has 1 saturated heterocycles. The molecule has 0 N–H and O–H groups in total. The lowest BCUT2D eigenvalue weighted by Gasteiger charge is -2.15. The number of benzene rings is 1. The fourth-order valence-corrected chi connectivity index (χ4v) is 2.73. The summed E-state index contributed by atoms with van der Waals surface area (Å²) in [6.07, 6.45) is 0.664. The van der Waals surface area contributed by atoms with E-state index in [4.69, 9.17) is 4.52 Å². The predicted molar refractivity (Wildman–Crippen MR) is 78.9 cm³/mol. The maximum atomic E-state index is 13.9. The van der Waals surface area contributed by atoms with Crippen molar-refractivity contribution in [2.24, 2.45) is 0 Å². The minimum absolute atomic E-state index is 0.157. The van der Waals surface area contributed by atoms with Crippen molar-refractivity contribution in [2.75, 3.05) is 18.0 Å². The molecule has 118 valence electrons. The monoisotopic (exact) mass is 307 g/mol. The molecule has 0 saturated carbocycles. The van der Waals surface area contributed by atoms with E-state index in [0.29, 0.717) is 31.3 Å². The van der Waals surface area contributed by atoms with Gasteiger partial charge in [-0.2, -0.15) is 4.98 Å². The molecule has 1 aliphatic heterocycles. The Hall–Kier alpha value is -1.98. The van der Waals surface area contributed by atoms with Crippen LogP contribution in [-0.2, 0) is 5.41 Å². The van der Waals surface area contributed by atoms with Gasteiger partial charge in [0.15, 0.2) is 0 Å². The van der Waals surface area contributed by atoms with E-state index in [9.17, 15) is 8.78 Å². The highest BCUT2D eigenvalue weighted by Crippen LogP contribution is 2.33. The van der Waals surface area contributed by atoms with Crippen LogP contribution in [0.25, 0.3) is 0 Å². The van der Waals surface area contributed by atoms with Gasteiger partial charge in [0.05, 0.1) is 0 Å². The largest absolute Gasteiger partial charge is 0.338 e. The molecule has 1 aromatic heterocycles. The Morgan fingerprint density at radius 2 is 1.91 bits per heavy atom. The molecule has 4 nitrogen and oxygen atoms in total. The van der Waals surface area contributed by atoms with E-state index < -0.39 is 11.6 Å². The first-order valence-corrected chi connectivity index (χ1v) is 7.39. The van der Waals surface area contributed by atoms with Crippen LogP contribution in [0, 0.1) is 11.6 Å². The Bertz CT molecular complexity index is 658. The van der Waals surface area contributed by atoms with Crippen molar-refractivity contribution in [3.8, 4) is 0 Å². The van der Waals surface area contributed by atoms with Crippen LogP contribution < -0.4 is 4.90 Å². The topological polar surface area (TPSA) is 42.2 Å². The molecule has 1 unspecified atom stereocenters. The van der Waals surface area contributed by atoms with E-state index in [1.165, 1.54) is 18.2 Å². The van der Waals surface area contributed by atoms with Crippen LogP contribution in [0.3, 0.4) is 0 Å². The quantitative estimate of drug-likeness (QED) is 0.849. The summed E-state index contributed by atoms with van der Waals surface area (Å²) in [5, 5.41) is 3.99. The third-order valence-corrected chi connectivity index (χ3v) is 3.94. The van der Waals surface area contributed by atoms with Crippen molar-refractivity contribution in [3.05, 3.63) is 41.3 Å². The third-order valence-electron chi connectivity index (χ3n) is 3.94. The fourth-order valence-electron chi connectivity index (χ4n) is 2.73. The number of halogens is 2. The van der Waals surface area contributed by atoms with Crippen LogP contribution in [0.15, 0.2) is 22.7 Å². The van der Waals surface area contributed by atoms with Crippen molar-refractivity contribution in [3.63, 3.8) is 0 Å². The molecule has 3 rings (SSSR count). The highest BCUT2D eigenvalue weighted by Gasteiger charge is 2.31. The zero-order chi connectivity index (χ0) is 15.9. The van der Waals surface area contributed by atoms with Crippen LogP contribution in [-0.4, -0.2) is 23.2 Å². The van der Waals surface area contributed by atoms with E-state index in [1.54, 1.807) is 0 Å². The number of hydrogen-bond acceptors (Lipinski definition) is 4. The molecule has 2 aromatic rings. The molecular formula is C16H19F2N3O. The maximum Gasteiger partial charge on any atom is 0.266 e. The average Bonchev–Trinajstić information content (AvgIpc) is 3.06. The molecule has 6 heteroatoms. The summed E-state index contributed by atoms with van der Waals surface area (Å²) in [4.78, 5) is 6.31. The number of rotatable bonds is 2. The number of hydrogen-bond donors (Lipinski definition) is 0. The van der Waals surface area contributed by atoms with Crippen LogP contribution in [0.2, 0.25) is 0 Å². The van der Waals surface area contributed by atoms with Crippen LogP contribution in [0.1, 0.15) is 44.6 Å². The van der Waals surface area contributed by atoms with Gasteiger partial charge in [0.2, 0.25) is 5.89 Å². The lowest BCUT2D eigenvalue weighted by atomic mass is 9.97. The Morgan fingerprint density at radius 3 is 2.50 bits per heavy atom. The standard InChI is InChI=1S/C16H19F2N3O/c1-16(2,3)14-19-15(20-22-14)21-8-7-10(9-21)13-11(17)5-4-6-12(13)18/h4-6,10H,7-9H2,1-3H3. The van der Waals surface area contributed by atoms with Gasteiger partial charge in [0.25, 0.3) is 5.95 Å². The lowest BCUT2D eigenvalue weighted by Crippen LogP contribution is -2.21. The molecule has 1 atom stereocenters. The van der Waals surface area contributed by atoms with Gasteiger partial charge in [-0.15, -0.1) is 0 Å². The second-order valence-electron chi connectivity index (χ2n) is 6.72. The molecule has 0 bridgehead atoms. The summed E-state index contributed by atoms with van der Waals surface area (Å²) in [5.74, 6) is -0.129. The summed E-state index contributed by atoms with van der Waals surface area (Å²) in [6.45, 7) is 7.12. The highest BCUT2D eigenvalue weighted by molar-refractivity contribution is 5.35. The van der Waals surface area contributed by atoms with Gasteiger partial charge in [-0.1, -0.05) is 26.8 Å². The molecule has 1 aromatic carbocycles. The van der Waals surface area contributed by atoms with Crippen molar-refractivity contribution >= 4 is 5.95 Å². The number of aromatic nitrogens is 2. The molecule has 0 amide bonds. The minimum atomic E-state index is -0.490. The Kier molecular flexibility index (Phi) is 3.62. The van der Waals surface area contributed by atoms with E-state index >= 15 is 0 Å². The van der Waals surface area contributed by atoms with E-state index in [2.05, 4.69) is 10.1 Å². The van der Waals surface area contributed by atoms with Crippen LogP contribution in [0.4, 0.5) is 14.7 Å². The smallest absolute Gasteiger partial charge is 0.266 e.